The molecule has 2 heterocycles. The molecule has 0 spiro atoms. The van der Waals surface area contributed by atoms with Gasteiger partial charge in [0, 0.05) is 31.5 Å². The lowest BCUT2D eigenvalue weighted by Gasteiger charge is -2.18. The zero-order valence-electron chi connectivity index (χ0n) is 10.7. The number of carbonyl (C=O) groups excluding carboxylic acids is 1. The van der Waals surface area contributed by atoms with E-state index in [1.54, 1.807) is 12.4 Å². The molecule has 2 aromatic rings. The van der Waals surface area contributed by atoms with E-state index in [1.165, 1.54) is 30.3 Å². The molecule has 0 radical (unpaired) electrons. The van der Waals surface area contributed by atoms with E-state index in [-0.39, 0.29) is 12.2 Å². The zero-order valence-corrected chi connectivity index (χ0v) is 10.7. The smallest absolute Gasteiger partial charge is 0.336 e. The topological polar surface area (TPSA) is 53.9 Å². The number of carbonyl (C=O) groups is 1. The van der Waals surface area contributed by atoms with Crippen molar-refractivity contribution in [2.24, 2.45) is 0 Å². The van der Waals surface area contributed by atoms with Gasteiger partial charge < -0.3 is 9.47 Å². The summed E-state index contributed by atoms with van der Waals surface area (Å²) in [4.78, 5) is 13.5. The molecule has 0 atom stereocenters. The van der Waals surface area contributed by atoms with Gasteiger partial charge in [0.1, 0.15) is 12.2 Å². The van der Waals surface area contributed by atoms with Crippen molar-refractivity contribution in [1.29, 1.82) is 0 Å². The molecule has 0 saturated heterocycles. The van der Waals surface area contributed by atoms with Crippen molar-refractivity contribution < 1.29 is 18.0 Å². The third-order valence-corrected chi connectivity index (χ3v) is 2.72. The first-order chi connectivity index (χ1) is 9.37. The summed E-state index contributed by atoms with van der Waals surface area (Å²) in [6.45, 7) is -0.910. The van der Waals surface area contributed by atoms with Crippen LogP contribution in [0.3, 0.4) is 0 Å². The van der Waals surface area contributed by atoms with Gasteiger partial charge in [0.25, 0.3) is 5.91 Å². The van der Waals surface area contributed by atoms with Crippen LogP contribution >= 0.6 is 0 Å². The molecule has 0 unspecified atom stereocenters. The number of nitrogens with one attached hydrogen (secondary N) is 1. The molecule has 20 heavy (non-hydrogen) atoms. The van der Waals surface area contributed by atoms with E-state index in [0.717, 1.165) is 10.1 Å². The average molecular weight is 286 g/mol. The van der Waals surface area contributed by atoms with Crippen LogP contribution in [-0.4, -0.2) is 38.8 Å². The first-order valence-corrected chi connectivity index (χ1v) is 5.82. The first-order valence-electron chi connectivity index (χ1n) is 5.82. The molecule has 0 aliphatic rings. The van der Waals surface area contributed by atoms with Crippen LogP contribution in [0, 0.1) is 0 Å². The van der Waals surface area contributed by atoms with Crippen molar-refractivity contribution in [1.82, 2.24) is 19.7 Å². The number of alkyl halides is 3. The summed E-state index contributed by atoms with van der Waals surface area (Å²) in [5, 5.41) is 6.36. The van der Waals surface area contributed by atoms with Crippen molar-refractivity contribution in [3.8, 4) is 0 Å². The van der Waals surface area contributed by atoms with Gasteiger partial charge in [0.2, 0.25) is 0 Å². The predicted octanol–water partition coefficient (Wildman–Crippen LogP) is 2.05. The van der Waals surface area contributed by atoms with Crippen LogP contribution in [0.4, 0.5) is 13.2 Å². The van der Waals surface area contributed by atoms with Gasteiger partial charge >= 0.3 is 6.18 Å². The summed E-state index contributed by atoms with van der Waals surface area (Å²) in [5.41, 5.74) is 0.781. The van der Waals surface area contributed by atoms with Crippen molar-refractivity contribution >= 4 is 5.91 Å². The Balaban J connectivity index is 2.11. The Morgan fingerprint density at radius 1 is 1.50 bits per heavy atom. The first kappa shape index (κ1) is 14.2. The standard InChI is InChI=1S/C12H13F3N4O/c1-18(7-9-5-16-17-6-9)11(20)10-3-2-4-19(10)8-12(13,14)15/h2-6H,7-8H2,1H3,(H,16,17). The number of hydrogen-bond acceptors (Lipinski definition) is 2. The van der Waals surface area contributed by atoms with Gasteiger partial charge in [0.15, 0.2) is 0 Å². The second kappa shape index (κ2) is 5.40. The number of nitrogens with zero attached hydrogens (tertiary/aromatic N) is 3. The van der Waals surface area contributed by atoms with Gasteiger partial charge in [-0.3, -0.25) is 9.89 Å². The van der Waals surface area contributed by atoms with Crippen LogP contribution in [0.2, 0.25) is 0 Å². The van der Waals surface area contributed by atoms with Crippen LogP contribution in [0.25, 0.3) is 0 Å². The molecule has 1 amide bonds. The van der Waals surface area contributed by atoms with Crippen LogP contribution in [0.5, 0.6) is 0 Å². The molecule has 0 saturated carbocycles. The largest absolute Gasteiger partial charge is 0.406 e. The zero-order chi connectivity index (χ0) is 14.8. The summed E-state index contributed by atoms with van der Waals surface area (Å²) in [7, 11) is 1.53. The van der Waals surface area contributed by atoms with E-state index in [1.807, 2.05) is 0 Å². The van der Waals surface area contributed by atoms with Crippen LogP contribution in [-0.2, 0) is 13.1 Å². The number of hydrogen-bond donors (Lipinski definition) is 1. The number of aromatic nitrogens is 3. The van der Waals surface area contributed by atoms with Gasteiger partial charge in [-0.05, 0) is 12.1 Å². The van der Waals surface area contributed by atoms with Gasteiger partial charge in [-0.15, -0.1) is 0 Å². The third kappa shape index (κ3) is 3.40. The van der Waals surface area contributed by atoms with E-state index >= 15 is 0 Å². The highest BCUT2D eigenvalue weighted by Gasteiger charge is 2.29. The Morgan fingerprint density at radius 2 is 2.25 bits per heavy atom. The monoisotopic (exact) mass is 286 g/mol. The molecule has 1 N–H and O–H groups in total. The molecule has 0 fully saturated rings. The molecule has 2 rings (SSSR count). The quantitative estimate of drug-likeness (QED) is 0.935. The summed E-state index contributed by atoms with van der Waals surface area (Å²) in [6.07, 6.45) is 0.0562. The Hall–Kier alpha value is -2.25. The molecule has 8 heteroatoms. The second-order valence-electron chi connectivity index (χ2n) is 4.40. The van der Waals surface area contributed by atoms with Gasteiger partial charge in [0.05, 0.1) is 6.20 Å². The molecule has 5 nitrogen and oxygen atoms in total. The maximum Gasteiger partial charge on any atom is 0.406 e. The molecule has 0 aliphatic carbocycles. The summed E-state index contributed by atoms with van der Waals surface area (Å²) in [6, 6.07) is 2.80. The Bertz CT molecular complexity index is 574. The second-order valence-corrected chi connectivity index (χ2v) is 4.40. The van der Waals surface area contributed by atoms with E-state index < -0.39 is 18.6 Å². The van der Waals surface area contributed by atoms with Gasteiger partial charge in [-0.25, -0.2) is 0 Å². The van der Waals surface area contributed by atoms with E-state index in [9.17, 15) is 18.0 Å². The summed E-state index contributed by atoms with van der Waals surface area (Å²) in [5.74, 6) is -0.472. The number of aromatic amines is 1. The molecular formula is C12H13F3N4O. The summed E-state index contributed by atoms with van der Waals surface area (Å²) >= 11 is 0. The Kier molecular flexibility index (Phi) is 3.82. The minimum Gasteiger partial charge on any atom is -0.336 e. The maximum absolute atomic E-state index is 12.4. The van der Waals surface area contributed by atoms with Gasteiger partial charge in [-0.2, -0.15) is 18.3 Å². The van der Waals surface area contributed by atoms with E-state index in [2.05, 4.69) is 10.2 Å². The average Bonchev–Trinajstić information content (AvgIpc) is 2.97. The molecule has 108 valence electrons. The van der Waals surface area contributed by atoms with Crippen molar-refractivity contribution in [3.63, 3.8) is 0 Å². The predicted molar refractivity (Wildman–Crippen MR) is 64.9 cm³/mol. The number of halogens is 3. The molecule has 0 bridgehead atoms. The van der Waals surface area contributed by atoms with Crippen LogP contribution in [0.1, 0.15) is 16.1 Å². The van der Waals surface area contributed by atoms with Crippen LogP contribution in [0.15, 0.2) is 30.7 Å². The highest BCUT2D eigenvalue weighted by atomic mass is 19.4. The fourth-order valence-corrected chi connectivity index (χ4v) is 1.84. The normalized spacial score (nSPS) is 11.6. The van der Waals surface area contributed by atoms with Crippen molar-refractivity contribution in [2.75, 3.05) is 7.05 Å². The highest BCUT2D eigenvalue weighted by molar-refractivity contribution is 5.92. The molecule has 0 aromatic carbocycles. The Labute approximate surface area is 113 Å². The number of amides is 1. The maximum atomic E-state index is 12.4. The Morgan fingerprint density at radius 3 is 2.85 bits per heavy atom. The molecule has 2 aromatic heterocycles. The lowest BCUT2D eigenvalue weighted by atomic mass is 10.3. The summed E-state index contributed by atoms with van der Waals surface area (Å²) < 4.78 is 38.1. The van der Waals surface area contributed by atoms with Crippen molar-refractivity contribution in [2.45, 2.75) is 19.3 Å². The minimum atomic E-state index is -4.36. The highest BCUT2D eigenvalue weighted by Crippen LogP contribution is 2.19. The minimum absolute atomic E-state index is 0.00770. The fraction of sp³-hybridized carbons (Fsp3) is 0.333. The SMILES string of the molecule is CN(Cc1cn[nH]c1)C(=O)c1cccn1CC(F)(F)F. The van der Waals surface area contributed by atoms with Gasteiger partial charge in [-0.1, -0.05) is 0 Å². The van der Waals surface area contributed by atoms with E-state index in [0.29, 0.717) is 0 Å². The third-order valence-electron chi connectivity index (χ3n) is 2.72. The molecule has 0 aliphatic heterocycles. The lowest BCUT2D eigenvalue weighted by molar-refractivity contribution is -0.140. The van der Waals surface area contributed by atoms with Crippen LogP contribution < -0.4 is 0 Å². The number of H-pyrrole nitrogens is 1. The van der Waals surface area contributed by atoms with Crippen molar-refractivity contribution in [3.05, 3.63) is 42.0 Å². The fourth-order valence-electron chi connectivity index (χ4n) is 1.84. The molecular weight excluding hydrogens is 273 g/mol. The number of rotatable bonds is 4. The lowest BCUT2D eigenvalue weighted by Crippen LogP contribution is -2.29. The van der Waals surface area contributed by atoms with E-state index in [4.69, 9.17) is 0 Å².